The smallest absolute Gasteiger partial charge is 0.0485 e. The maximum Gasteiger partial charge on any atom is 0.0485 e. The molecule has 0 amide bonds. The fourth-order valence-corrected chi connectivity index (χ4v) is 0.534. The van der Waals surface area contributed by atoms with Crippen molar-refractivity contribution >= 4 is 5.69 Å². The average molecular weight is 174 g/mol. The predicted molar refractivity (Wildman–Crippen MR) is 34.3 cm³/mol. The number of hydrogen-bond acceptors (Lipinski definition) is 2. The third kappa shape index (κ3) is 2.59. The van der Waals surface area contributed by atoms with Gasteiger partial charge in [0.05, 0.1) is 0 Å². The van der Waals surface area contributed by atoms with Crippen LogP contribution in [-0.4, -0.2) is 0 Å². The first kappa shape index (κ1) is 8.60. The van der Waals surface area contributed by atoms with Crippen molar-refractivity contribution in [3.8, 4) is 0 Å². The topological polar surface area (TPSA) is 38.0 Å². The van der Waals surface area contributed by atoms with Gasteiger partial charge in [-0.3, -0.25) is 5.84 Å². The van der Waals surface area contributed by atoms with Gasteiger partial charge in [0.1, 0.15) is 0 Å². The summed E-state index contributed by atoms with van der Waals surface area (Å²) < 4.78 is 0. The molecule has 0 fully saturated rings. The van der Waals surface area contributed by atoms with Gasteiger partial charge < -0.3 is 5.43 Å². The summed E-state index contributed by atoms with van der Waals surface area (Å²) in [4.78, 5) is 0. The van der Waals surface area contributed by atoms with Crippen molar-refractivity contribution in [1.82, 2.24) is 0 Å². The van der Waals surface area contributed by atoms with Crippen LogP contribution in [0.15, 0.2) is 30.3 Å². The molecule has 1 aromatic rings. The quantitative estimate of drug-likeness (QED) is 0.377. The Morgan fingerprint density at radius 1 is 1.11 bits per heavy atom. The van der Waals surface area contributed by atoms with Crippen molar-refractivity contribution in [3.63, 3.8) is 0 Å². The summed E-state index contributed by atoms with van der Waals surface area (Å²) in [6, 6.07) is 9.60. The van der Waals surface area contributed by atoms with Crippen LogP contribution in [0.5, 0.6) is 0 Å². The number of nitrogen functional groups attached to an aromatic ring is 1. The summed E-state index contributed by atoms with van der Waals surface area (Å²) in [5.74, 6) is 5.10. The second kappa shape index (κ2) is 4.48. The molecule has 0 aliphatic carbocycles. The maximum absolute atomic E-state index is 5.10. The van der Waals surface area contributed by atoms with E-state index in [0.717, 1.165) is 5.69 Å². The van der Waals surface area contributed by atoms with E-state index < -0.39 is 0 Å². The van der Waals surface area contributed by atoms with Gasteiger partial charge in [0, 0.05) is 25.2 Å². The Balaban J connectivity index is 0.000000640. The number of benzene rings is 1. The summed E-state index contributed by atoms with van der Waals surface area (Å²) >= 11 is 0. The van der Waals surface area contributed by atoms with Crippen LogP contribution in [0, 0.1) is 0 Å². The molecule has 0 aliphatic rings. The normalized spacial score (nSPS) is 7.67. The first-order valence-corrected chi connectivity index (χ1v) is 2.45. The first-order valence-electron chi connectivity index (χ1n) is 2.45. The van der Waals surface area contributed by atoms with Crippen molar-refractivity contribution in [3.05, 3.63) is 30.3 Å². The minimum absolute atomic E-state index is 0. The minimum atomic E-state index is 0. The van der Waals surface area contributed by atoms with E-state index in [0.29, 0.717) is 0 Å². The predicted octanol–water partition coefficient (Wildman–Crippen LogP) is 0.970. The van der Waals surface area contributed by atoms with Crippen LogP contribution in [0.3, 0.4) is 0 Å². The molecule has 44 valence electrons. The Morgan fingerprint density at radius 3 is 2.00 bits per heavy atom. The van der Waals surface area contributed by atoms with Gasteiger partial charge in [-0.05, 0) is 12.1 Å². The van der Waals surface area contributed by atoms with Crippen LogP contribution in [-0.2, 0) is 19.5 Å². The van der Waals surface area contributed by atoms with Crippen molar-refractivity contribution in [1.29, 1.82) is 0 Å². The number of hydrazine groups is 1. The number of anilines is 1. The van der Waals surface area contributed by atoms with Gasteiger partial charge in [-0.1, -0.05) is 18.2 Å². The van der Waals surface area contributed by atoms with Crippen molar-refractivity contribution in [2.24, 2.45) is 5.84 Å². The fourth-order valence-electron chi connectivity index (χ4n) is 0.534. The van der Waals surface area contributed by atoms with Crippen LogP contribution in [0.25, 0.3) is 0 Å². The molecule has 0 radical (unpaired) electrons. The third-order valence-corrected chi connectivity index (χ3v) is 0.940. The summed E-state index contributed by atoms with van der Waals surface area (Å²) in [5, 5.41) is 0. The number of para-hydroxylation sites is 1. The molecule has 3 heteroatoms. The Kier molecular flexibility index (Phi) is 4.28. The summed E-state index contributed by atoms with van der Waals surface area (Å²) in [6.07, 6.45) is 0. The average Bonchev–Trinajstić information content (AvgIpc) is 1.90. The monoisotopic (exact) mass is 172 g/mol. The van der Waals surface area contributed by atoms with Crippen LogP contribution < -0.4 is 11.3 Å². The van der Waals surface area contributed by atoms with Gasteiger partial charge in [-0.15, -0.1) is 0 Å². The Morgan fingerprint density at radius 2 is 1.67 bits per heavy atom. The van der Waals surface area contributed by atoms with E-state index in [-0.39, 0.29) is 19.5 Å². The largest absolute Gasteiger partial charge is 0.324 e. The molecule has 1 aromatic carbocycles. The van der Waals surface area contributed by atoms with Gasteiger partial charge >= 0.3 is 0 Å². The molecule has 0 saturated carbocycles. The molecule has 0 heterocycles. The zero-order chi connectivity index (χ0) is 5.82. The molecular weight excluding hydrogens is 165 g/mol. The zero-order valence-corrected chi connectivity index (χ0v) is 8.14. The first-order chi connectivity index (χ1) is 3.93. The summed E-state index contributed by atoms with van der Waals surface area (Å²) in [7, 11) is 0. The van der Waals surface area contributed by atoms with E-state index in [1.165, 1.54) is 0 Å². The molecule has 2 nitrogen and oxygen atoms in total. The van der Waals surface area contributed by atoms with Crippen LogP contribution in [0.4, 0.5) is 5.69 Å². The van der Waals surface area contributed by atoms with Crippen molar-refractivity contribution < 1.29 is 19.5 Å². The Bertz CT molecular complexity index is 152. The fraction of sp³-hybridized carbons (Fsp3) is 0. The van der Waals surface area contributed by atoms with Crippen molar-refractivity contribution in [2.45, 2.75) is 0 Å². The van der Waals surface area contributed by atoms with Gasteiger partial charge in [-0.25, -0.2) is 0 Å². The van der Waals surface area contributed by atoms with Gasteiger partial charge in [-0.2, -0.15) is 0 Å². The molecule has 0 atom stereocenters. The van der Waals surface area contributed by atoms with Crippen LogP contribution in [0.2, 0.25) is 0 Å². The molecule has 0 bridgehead atoms. The molecule has 0 spiro atoms. The van der Waals surface area contributed by atoms with Crippen LogP contribution in [0.1, 0.15) is 0 Å². The maximum atomic E-state index is 5.10. The van der Waals surface area contributed by atoms with Crippen molar-refractivity contribution in [2.75, 3.05) is 5.43 Å². The SMILES string of the molecule is NNc1ccccc1.[Zn]. The Labute approximate surface area is 67.2 Å². The minimum Gasteiger partial charge on any atom is -0.324 e. The van der Waals surface area contributed by atoms with E-state index in [9.17, 15) is 0 Å². The Hall–Kier alpha value is -0.397. The van der Waals surface area contributed by atoms with Crippen LogP contribution >= 0.6 is 0 Å². The number of nitrogens with two attached hydrogens (primary N) is 1. The molecule has 0 aliphatic heterocycles. The number of rotatable bonds is 1. The summed E-state index contributed by atoms with van der Waals surface area (Å²) in [6.45, 7) is 0. The molecule has 3 N–H and O–H groups in total. The molecule has 1 rings (SSSR count). The standard InChI is InChI=1S/C6H8N2.Zn/c7-8-6-4-2-1-3-5-6;/h1-5,8H,7H2;. The van der Waals surface area contributed by atoms with E-state index >= 15 is 0 Å². The van der Waals surface area contributed by atoms with Gasteiger partial charge in [0.15, 0.2) is 0 Å². The number of hydrogen-bond donors (Lipinski definition) is 2. The second-order valence-corrected chi connectivity index (χ2v) is 1.51. The molecule has 9 heavy (non-hydrogen) atoms. The van der Waals surface area contributed by atoms with Gasteiger partial charge in [0.25, 0.3) is 0 Å². The van der Waals surface area contributed by atoms with E-state index in [4.69, 9.17) is 5.84 Å². The van der Waals surface area contributed by atoms with Gasteiger partial charge in [0.2, 0.25) is 0 Å². The van der Waals surface area contributed by atoms with E-state index in [2.05, 4.69) is 5.43 Å². The molecular formula is C6H8N2Zn. The molecule has 0 aromatic heterocycles. The van der Waals surface area contributed by atoms with E-state index in [1.807, 2.05) is 30.3 Å². The number of nitrogens with one attached hydrogen (secondary N) is 1. The summed E-state index contributed by atoms with van der Waals surface area (Å²) in [5.41, 5.74) is 3.46. The third-order valence-electron chi connectivity index (χ3n) is 0.940. The zero-order valence-electron chi connectivity index (χ0n) is 5.17. The van der Waals surface area contributed by atoms with E-state index in [1.54, 1.807) is 0 Å². The second-order valence-electron chi connectivity index (χ2n) is 1.51. The molecule has 0 saturated heterocycles. The molecule has 0 unspecified atom stereocenters.